The lowest BCUT2D eigenvalue weighted by Gasteiger charge is -2.02. The van der Waals surface area contributed by atoms with E-state index < -0.39 is 0 Å². The van der Waals surface area contributed by atoms with Crippen LogP contribution in [0.1, 0.15) is 16.8 Å². The Bertz CT molecular complexity index is 766. The molecule has 0 N–H and O–H groups in total. The number of fused-ring (bicyclic) bond motifs is 1. The second-order valence-electron chi connectivity index (χ2n) is 4.51. The van der Waals surface area contributed by atoms with Gasteiger partial charge in [0.2, 0.25) is 5.91 Å². The second kappa shape index (κ2) is 5.21. The summed E-state index contributed by atoms with van der Waals surface area (Å²) in [5.74, 6) is -0.441. The van der Waals surface area contributed by atoms with Crippen LogP contribution >= 0.6 is 0 Å². The molecule has 0 aliphatic heterocycles. The molecular weight excluding hydrogens is 257 g/mol. The molecule has 3 rings (SSSR count). The summed E-state index contributed by atoms with van der Waals surface area (Å²) in [6.07, 6.45) is 0.738. The zero-order chi connectivity index (χ0) is 13.9. The Labute approximate surface area is 114 Å². The van der Waals surface area contributed by atoms with Crippen molar-refractivity contribution in [3.05, 3.63) is 59.9 Å². The van der Waals surface area contributed by atoms with Crippen LogP contribution in [0.5, 0.6) is 0 Å². The monoisotopic (exact) mass is 269 g/mol. The van der Waals surface area contributed by atoms with E-state index in [9.17, 15) is 9.18 Å². The highest BCUT2D eigenvalue weighted by Crippen LogP contribution is 2.12. The fraction of sp³-hybridized carbons (Fsp3) is 0.133. The predicted molar refractivity (Wildman–Crippen MR) is 72.9 cm³/mol. The van der Waals surface area contributed by atoms with Gasteiger partial charge in [-0.2, -0.15) is 4.68 Å². The van der Waals surface area contributed by atoms with Crippen molar-refractivity contribution in [1.29, 1.82) is 0 Å². The van der Waals surface area contributed by atoms with Gasteiger partial charge in [-0.1, -0.05) is 29.5 Å². The Morgan fingerprint density at radius 3 is 2.85 bits per heavy atom. The molecule has 5 heteroatoms. The Morgan fingerprint density at radius 1 is 1.15 bits per heavy atom. The van der Waals surface area contributed by atoms with Crippen molar-refractivity contribution in [2.24, 2.45) is 0 Å². The van der Waals surface area contributed by atoms with Gasteiger partial charge in [-0.05, 0) is 36.2 Å². The molecule has 0 aliphatic carbocycles. The molecule has 0 amide bonds. The molecule has 0 unspecified atom stereocenters. The van der Waals surface area contributed by atoms with Gasteiger partial charge in [0.15, 0.2) is 0 Å². The van der Waals surface area contributed by atoms with Crippen LogP contribution in [-0.2, 0) is 6.42 Å². The van der Waals surface area contributed by atoms with E-state index in [0.717, 1.165) is 5.56 Å². The molecule has 0 radical (unpaired) electrons. The van der Waals surface area contributed by atoms with E-state index in [1.807, 2.05) is 12.1 Å². The Hall–Kier alpha value is -2.56. The first kappa shape index (κ1) is 12.5. The van der Waals surface area contributed by atoms with Crippen LogP contribution in [0.4, 0.5) is 4.39 Å². The van der Waals surface area contributed by atoms with E-state index in [0.29, 0.717) is 17.5 Å². The van der Waals surface area contributed by atoms with Crippen LogP contribution in [0.2, 0.25) is 0 Å². The van der Waals surface area contributed by atoms with Gasteiger partial charge in [0, 0.05) is 6.42 Å². The Morgan fingerprint density at radius 2 is 2.00 bits per heavy atom. The highest BCUT2D eigenvalue weighted by atomic mass is 19.1. The number of hydrogen-bond donors (Lipinski definition) is 0. The van der Waals surface area contributed by atoms with E-state index >= 15 is 0 Å². The maximum absolute atomic E-state index is 13.1. The third-order valence-corrected chi connectivity index (χ3v) is 3.10. The van der Waals surface area contributed by atoms with Crippen LogP contribution < -0.4 is 0 Å². The molecule has 0 bridgehead atoms. The Kier molecular flexibility index (Phi) is 3.25. The number of hydrogen-bond acceptors (Lipinski definition) is 3. The van der Waals surface area contributed by atoms with Gasteiger partial charge in [-0.25, -0.2) is 4.39 Å². The first-order valence-electron chi connectivity index (χ1n) is 6.32. The Balaban J connectivity index is 1.76. The minimum absolute atomic E-state index is 0.150. The normalized spacial score (nSPS) is 10.8. The second-order valence-corrected chi connectivity index (χ2v) is 4.51. The number of aromatic nitrogens is 3. The van der Waals surface area contributed by atoms with Crippen LogP contribution in [0, 0.1) is 5.82 Å². The highest BCUT2D eigenvalue weighted by Gasteiger charge is 2.11. The van der Waals surface area contributed by atoms with Gasteiger partial charge in [-0.15, -0.1) is 5.10 Å². The summed E-state index contributed by atoms with van der Waals surface area (Å²) >= 11 is 0. The lowest BCUT2D eigenvalue weighted by molar-refractivity contribution is 0.0890. The number of rotatable bonds is 3. The first-order chi connectivity index (χ1) is 9.74. The molecule has 0 fully saturated rings. The first-order valence-corrected chi connectivity index (χ1v) is 6.32. The van der Waals surface area contributed by atoms with E-state index in [1.54, 1.807) is 24.3 Å². The minimum atomic E-state index is -0.291. The van der Waals surface area contributed by atoms with Crippen LogP contribution in [-0.4, -0.2) is 20.9 Å². The molecule has 0 saturated heterocycles. The van der Waals surface area contributed by atoms with E-state index in [4.69, 9.17) is 0 Å². The number of halogens is 1. The van der Waals surface area contributed by atoms with Crippen molar-refractivity contribution in [3.63, 3.8) is 0 Å². The number of aryl methyl sites for hydroxylation is 1. The van der Waals surface area contributed by atoms with Gasteiger partial charge < -0.3 is 0 Å². The molecule has 1 heterocycles. The third kappa shape index (κ3) is 2.42. The zero-order valence-electron chi connectivity index (χ0n) is 10.7. The molecule has 0 atom stereocenters. The summed E-state index contributed by atoms with van der Waals surface area (Å²) in [5.41, 5.74) is 2.17. The van der Waals surface area contributed by atoms with E-state index in [1.165, 1.54) is 16.8 Å². The summed E-state index contributed by atoms with van der Waals surface area (Å²) in [4.78, 5) is 12.1. The third-order valence-electron chi connectivity index (χ3n) is 3.10. The maximum Gasteiger partial charge on any atom is 0.249 e. The van der Waals surface area contributed by atoms with Crippen molar-refractivity contribution in [3.8, 4) is 0 Å². The van der Waals surface area contributed by atoms with Crippen molar-refractivity contribution < 1.29 is 9.18 Å². The highest BCUT2D eigenvalue weighted by molar-refractivity contribution is 5.88. The SMILES string of the molecule is O=C(CCc1cccc(F)c1)n1nnc2ccccc21. The smallest absolute Gasteiger partial charge is 0.249 e. The number of nitrogens with zero attached hydrogens (tertiary/aromatic N) is 3. The molecule has 0 saturated carbocycles. The maximum atomic E-state index is 13.1. The number of benzene rings is 2. The number of carbonyl (C=O) groups is 1. The summed E-state index contributed by atoms with van der Waals surface area (Å²) < 4.78 is 14.4. The van der Waals surface area contributed by atoms with Gasteiger partial charge in [0.05, 0.1) is 5.52 Å². The standard InChI is InChI=1S/C15H12FN3O/c16-12-5-3-4-11(10-12)8-9-15(20)19-14-7-2-1-6-13(14)17-18-19/h1-7,10H,8-9H2. The van der Waals surface area contributed by atoms with Gasteiger partial charge in [0.1, 0.15) is 11.3 Å². The number of carbonyl (C=O) groups excluding carboxylic acids is 1. The van der Waals surface area contributed by atoms with Crippen molar-refractivity contribution in [2.45, 2.75) is 12.8 Å². The van der Waals surface area contributed by atoms with Crippen LogP contribution in [0.25, 0.3) is 11.0 Å². The van der Waals surface area contributed by atoms with Crippen LogP contribution in [0.3, 0.4) is 0 Å². The molecule has 0 spiro atoms. The van der Waals surface area contributed by atoms with Crippen molar-refractivity contribution in [2.75, 3.05) is 0 Å². The van der Waals surface area contributed by atoms with Gasteiger partial charge in [-0.3, -0.25) is 4.79 Å². The summed E-state index contributed by atoms with van der Waals surface area (Å²) in [5, 5.41) is 7.81. The molecule has 3 aromatic rings. The summed E-state index contributed by atoms with van der Waals surface area (Å²) in [7, 11) is 0. The lowest BCUT2D eigenvalue weighted by Crippen LogP contribution is -2.13. The van der Waals surface area contributed by atoms with Crippen molar-refractivity contribution >= 4 is 16.9 Å². The molecule has 100 valence electrons. The molecule has 0 aliphatic rings. The molecular formula is C15H12FN3O. The summed E-state index contributed by atoms with van der Waals surface area (Å²) in [6, 6.07) is 13.5. The fourth-order valence-electron chi connectivity index (χ4n) is 2.10. The zero-order valence-corrected chi connectivity index (χ0v) is 10.7. The molecule has 4 nitrogen and oxygen atoms in total. The molecule has 2 aromatic carbocycles. The number of para-hydroxylation sites is 1. The van der Waals surface area contributed by atoms with Gasteiger partial charge in [0.25, 0.3) is 0 Å². The van der Waals surface area contributed by atoms with Crippen LogP contribution in [0.15, 0.2) is 48.5 Å². The summed E-state index contributed by atoms with van der Waals surface area (Å²) in [6.45, 7) is 0. The average Bonchev–Trinajstić information content (AvgIpc) is 2.89. The minimum Gasteiger partial charge on any atom is -0.272 e. The van der Waals surface area contributed by atoms with Gasteiger partial charge >= 0.3 is 0 Å². The van der Waals surface area contributed by atoms with E-state index in [-0.39, 0.29) is 18.1 Å². The largest absolute Gasteiger partial charge is 0.272 e. The molecule has 20 heavy (non-hydrogen) atoms. The van der Waals surface area contributed by atoms with E-state index in [2.05, 4.69) is 10.3 Å². The quantitative estimate of drug-likeness (QED) is 0.734. The average molecular weight is 269 g/mol. The molecule has 1 aromatic heterocycles. The van der Waals surface area contributed by atoms with Crippen molar-refractivity contribution in [1.82, 2.24) is 15.0 Å². The lowest BCUT2D eigenvalue weighted by atomic mass is 10.1. The fourth-order valence-corrected chi connectivity index (χ4v) is 2.10. The topological polar surface area (TPSA) is 47.8 Å². The predicted octanol–water partition coefficient (Wildman–Crippen LogP) is 2.84.